The molecule has 0 aliphatic carbocycles. The van der Waals surface area contributed by atoms with Crippen LogP contribution in [0.3, 0.4) is 0 Å². The summed E-state index contributed by atoms with van der Waals surface area (Å²) < 4.78 is 0. The number of amides is 1. The zero-order valence-electron chi connectivity index (χ0n) is 15.2. The van der Waals surface area contributed by atoms with Crippen molar-refractivity contribution in [1.29, 1.82) is 0 Å². The van der Waals surface area contributed by atoms with Crippen molar-refractivity contribution in [2.45, 2.75) is 19.1 Å². The predicted octanol–water partition coefficient (Wildman–Crippen LogP) is 1.36. The molecular formula is C19H25N5O2. The van der Waals surface area contributed by atoms with Gasteiger partial charge < -0.3 is 20.2 Å². The second-order valence-corrected chi connectivity index (χ2v) is 6.83. The Hall–Kier alpha value is -2.67. The van der Waals surface area contributed by atoms with Crippen LogP contribution in [-0.2, 0) is 11.3 Å². The number of nitrogens with zero attached hydrogens (tertiary/aromatic N) is 4. The largest absolute Gasteiger partial charge is 0.391 e. The maximum Gasteiger partial charge on any atom is 0.222 e. The number of nitrogens with one attached hydrogen (secondary N) is 1. The number of carbonyl (C=O) groups is 1. The minimum absolute atomic E-state index is 0.0313. The Morgan fingerprint density at radius 2 is 2.04 bits per heavy atom. The number of β-amino-alcohol motifs (C(OH)–C–C–N with tert-alkyl or cyclic N) is 1. The lowest BCUT2D eigenvalue weighted by Gasteiger charge is -2.18. The van der Waals surface area contributed by atoms with Gasteiger partial charge in [-0.2, -0.15) is 0 Å². The third-order valence-corrected chi connectivity index (χ3v) is 4.64. The van der Waals surface area contributed by atoms with Crippen molar-refractivity contribution in [3.8, 4) is 0 Å². The molecule has 1 saturated heterocycles. The van der Waals surface area contributed by atoms with Gasteiger partial charge in [0, 0.05) is 52.1 Å². The molecule has 1 fully saturated rings. The van der Waals surface area contributed by atoms with Crippen molar-refractivity contribution in [3.05, 3.63) is 48.3 Å². The lowest BCUT2D eigenvalue weighted by atomic mass is 10.0. The van der Waals surface area contributed by atoms with E-state index < -0.39 is 6.10 Å². The van der Waals surface area contributed by atoms with E-state index in [1.165, 1.54) is 11.9 Å². The molecule has 138 valence electrons. The van der Waals surface area contributed by atoms with Crippen LogP contribution in [0.4, 0.5) is 11.6 Å². The number of benzene rings is 1. The fourth-order valence-corrected chi connectivity index (χ4v) is 3.05. The summed E-state index contributed by atoms with van der Waals surface area (Å²) in [4.78, 5) is 24.1. The first-order chi connectivity index (χ1) is 12.5. The van der Waals surface area contributed by atoms with Gasteiger partial charge in [0.2, 0.25) is 5.91 Å². The third kappa shape index (κ3) is 4.49. The molecule has 2 aromatic rings. The van der Waals surface area contributed by atoms with Crippen LogP contribution in [-0.4, -0.2) is 59.2 Å². The molecule has 0 saturated carbocycles. The highest BCUT2D eigenvalue weighted by Gasteiger charge is 2.33. The maximum absolute atomic E-state index is 11.9. The van der Waals surface area contributed by atoms with E-state index in [0.717, 1.165) is 11.6 Å². The molecule has 1 amide bonds. The molecule has 3 rings (SSSR count). The number of hydrogen-bond acceptors (Lipinski definition) is 6. The number of anilines is 2. The molecule has 0 unspecified atom stereocenters. The van der Waals surface area contributed by atoms with Gasteiger partial charge in [-0.25, -0.2) is 9.97 Å². The van der Waals surface area contributed by atoms with Gasteiger partial charge in [-0.1, -0.05) is 30.3 Å². The summed E-state index contributed by atoms with van der Waals surface area (Å²) in [7, 11) is 3.47. The first kappa shape index (κ1) is 18.1. The number of aromatic nitrogens is 2. The van der Waals surface area contributed by atoms with Crippen molar-refractivity contribution in [2.75, 3.05) is 37.4 Å². The van der Waals surface area contributed by atoms with Crippen molar-refractivity contribution in [2.24, 2.45) is 5.92 Å². The van der Waals surface area contributed by atoms with E-state index in [0.29, 0.717) is 26.1 Å². The summed E-state index contributed by atoms with van der Waals surface area (Å²) in [6.45, 7) is 1.76. The van der Waals surface area contributed by atoms with Gasteiger partial charge in [-0.05, 0) is 5.56 Å². The van der Waals surface area contributed by atoms with Crippen LogP contribution < -0.4 is 10.2 Å². The van der Waals surface area contributed by atoms with Crippen molar-refractivity contribution < 1.29 is 9.90 Å². The van der Waals surface area contributed by atoms with E-state index in [1.54, 1.807) is 19.0 Å². The Morgan fingerprint density at radius 3 is 2.77 bits per heavy atom. The van der Waals surface area contributed by atoms with Gasteiger partial charge in [0.1, 0.15) is 18.0 Å². The molecule has 2 N–H and O–H groups in total. The van der Waals surface area contributed by atoms with Gasteiger partial charge >= 0.3 is 0 Å². The molecule has 0 radical (unpaired) electrons. The van der Waals surface area contributed by atoms with Crippen LogP contribution in [0.5, 0.6) is 0 Å². The zero-order valence-corrected chi connectivity index (χ0v) is 15.2. The van der Waals surface area contributed by atoms with E-state index in [-0.39, 0.29) is 11.8 Å². The normalized spacial score (nSPS) is 19.4. The van der Waals surface area contributed by atoms with Gasteiger partial charge in [-0.15, -0.1) is 0 Å². The Kier molecular flexibility index (Phi) is 5.68. The molecule has 0 spiro atoms. The molecular weight excluding hydrogens is 330 g/mol. The Labute approximate surface area is 153 Å². The Balaban J connectivity index is 1.62. The number of aliphatic hydroxyl groups excluding tert-OH is 1. The molecule has 1 aromatic heterocycles. The Morgan fingerprint density at radius 1 is 1.27 bits per heavy atom. The highest BCUT2D eigenvalue weighted by molar-refractivity contribution is 5.76. The number of aliphatic hydroxyl groups is 1. The molecule has 26 heavy (non-hydrogen) atoms. The first-order valence-electron chi connectivity index (χ1n) is 8.76. The molecule has 7 heteroatoms. The lowest BCUT2D eigenvalue weighted by Crippen LogP contribution is -2.28. The molecule has 0 bridgehead atoms. The summed E-state index contributed by atoms with van der Waals surface area (Å²) in [5.41, 5.74) is 1.17. The summed E-state index contributed by atoms with van der Waals surface area (Å²) >= 11 is 0. The predicted molar refractivity (Wildman–Crippen MR) is 101 cm³/mol. The molecule has 1 aromatic carbocycles. The third-order valence-electron chi connectivity index (χ3n) is 4.64. The summed E-state index contributed by atoms with van der Waals surface area (Å²) in [6.07, 6.45) is 1.33. The second-order valence-electron chi connectivity index (χ2n) is 6.83. The first-order valence-corrected chi connectivity index (χ1v) is 8.76. The topological polar surface area (TPSA) is 81.6 Å². The van der Waals surface area contributed by atoms with E-state index >= 15 is 0 Å². The molecule has 1 aliphatic rings. The smallest absolute Gasteiger partial charge is 0.222 e. The minimum Gasteiger partial charge on any atom is -0.391 e. The fraction of sp³-hybridized carbons (Fsp3) is 0.421. The van der Waals surface area contributed by atoms with Crippen molar-refractivity contribution in [3.63, 3.8) is 0 Å². The summed E-state index contributed by atoms with van der Waals surface area (Å²) in [5, 5.41) is 13.6. The van der Waals surface area contributed by atoms with Crippen LogP contribution in [0, 0.1) is 5.92 Å². The number of hydrogen-bond donors (Lipinski definition) is 2. The quantitative estimate of drug-likeness (QED) is 0.814. The monoisotopic (exact) mass is 355 g/mol. The minimum atomic E-state index is -0.533. The lowest BCUT2D eigenvalue weighted by molar-refractivity contribution is -0.130. The van der Waals surface area contributed by atoms with Gasteiger partial charge in [-0.3, -0.25) is 4.79 Å². The molecule has 7 nitrogen and oxygen atoms in total. The van der Waals surface area contributed by atoms with E-state index in [4.69, 9.17) is 0 Å². The molecule has 2 atom stereocenters. The van der Waals surface area contributed by atoms with Crippen LogP contribution in [0.15, 0.2) is 42.7 Å². The van der Waals surface area contributed by atoms with Crippen LogP contribution in [0.1, 0.15) is 12.0 Å². The Bertz CT molecular complexity index is 738. The van der Waals surface area contributed by atoms with Crippen LogP contribution >= 0.6 is 0 Å². The van der Waals surface area contributed by atoms with Gasteiger partial charge in [0.25, 0.3) is 0 Å². The molecule has 2 heterocycles. The zero-order chi connectivity index (χ0) is 18.5. The van der Waals surface area contributed by atoms with Crippen molar-refractivity contribution in [1.82, 2.24) is 14.9 Å². The van der Waals surface area contributed by atoms with Gasteiger partial charge in [0.15, 0.2) is 0 Å². The summed E-state index contributed by atoms with van der Waals surface area (Å²) in [5.74, 6) is 1.44. The highest BCUT2D eigenvalue weighted by atomic mass is 16.3. The SMILES string of the molecule is CN(C)C(=O)C[C@@H]1CN(c2cc(NCc3ccccc3)ncn2)C[C@H]1O. The average molecular weight is 355 g/mol. The average Bonchev–Trinajstić information content (AvgIpc) is 3.01. The van der Waals surface area contributed by atoms with Crippen LogP contribution in [0.2, 0.25) is 0 Å². The van der Waals surface area contributed by atoms with Gasteiger partial charge in [0.05, 0.1) is 6.10 Å². The number of rotatable bonds is 6. The number of carbonyl (C=O) groups excluding carboxylic acids is 1. The van der Waals surface area contributed by atoms with Crippen molar-refractivity contribution >= 4 is 17.5 Å². The van der Waals surface area contributed by atoms with E-state index in [2.05, 4.69) is 27.4 Å². The van der Waals surface area contributed by atoms with Crippen LogP contribution in [0.25, 0.3) is 0 Å². The summed E-state index contributed by atoms with van der Waals surface area (Å²) in [6, 6.07) is 12.0. The molecule has 1 aliphatic heterocycles. The highest BCUT2D eigenvalue weighted by Crippen LogP contribution is 2.26. The second kappa shape index (κ2) is 8.14. The standard InChI is InChI=1S/C19H25N5O2/c1-23(2)19(26)8-15-11-24(12-16(15)25)18-9-17(21-13-22-18)20-10-14-6-4-3-5-7-14/h3-7,9,13,15-16,25H,8,10-12H2,1-2H3,(H,20,21,22)/t15-,16-/m1/s1. The maximum atomic E-state index is 11.9. The fourth-order valence-electron chi connectivity index (χ4n) is 3.05. The van der Waals surface area contributed by atoms with E-state index in [9.17, 15) is 9.90 Å². The van der Waals surface area contributed by atoms with E-state index in [1.807, 2.05) is 29.2 Å².